The SMILES string of the molecule is CCNC(=NCC(c1ccc(C)o1)N1CCOCC1)NC1CCCCC1.I. The quantitative estimate of drug-likeness (QED) is 0.364. The Bertz CT molecular complexity index is 566. The Labute approximate surface area is 180 Å². The number of furan rings is 1. The number of halogens is 1. The summed E-state index contributed by atoms with van der Waals surface area (Å²) >= 11 is 0. The molecule has 0 bridgehead atoms. The van der Waals surface area contributed by atoms with Crippen LogP contribution in [-0.2, 0) is 4.74 Å². The molecule has 27 heavy (non-hydrogen) atoms. The molecule has 3 rings (SSSR count). The summed E-state index contributed by atoms with van der Waals surface area (Å²) in [7, 11) is 0. The van der Waals surface area contributed by atoms with Crippen molar-refractivity contribution in [3.63, 3.8) is 0 Å². The van der Waals surface area contributed by atoms with E-state index in [0.717, 1.165) is 50.3 Å². The summed E-state index contributed by atoms with van der Waals surface area (Å²) in [6.45, 7) is 9.08. The first-order valence-corrected chi connectivity index (χ1v) is 10.2. The van der Waals surface area contributed by atoms with Gasteiger partial charge in [-0.05, 0) is 38.8 Å². The second-order valence-corrected chi connectivity index (χ2v) is 7.31. The normalized spacial score (nSPS) is 20.7. The number of rotatable bonds is 6. The van der Waals surface area contributed by atoms with Gasteiger partial charge in [-0.15, -0.1) is 24.0 Å². The Morgan fingerprint density at radius 1 is 1.22 bits per heavy atom. The van der Waals surface area contributed by atoms with Crippen LogP contribution in [-0.4, -0.2) is 56.3 Å². The summed E-state index contributed by atoms with van der Waals surface area (Å²) < 4.78 is 11.5. The molecule has 0 radical (unpaired) electrons. The molecule has 2 N–H and O–H groups in total. The number of hydrogen-bond acceptors (Lipinski definition) is 4. The molecule has 6 nitrogen and oxygen atoms in total. The molecule has 0 amide bonds. The molecule has 2 fully saturated rings. The zero-order valence-electron chi connectivity index (χ0n) is 16.7. The topological polar surface area (TPSA) is 62.0 Å². The van der Waals surface area contributed by atoms with Crippen molar-refractivity contribution in [1.82, 2.24) is 15.5 Å². The predicted octanol–water partition coefficient (Wildman–Crippen LogP) is 3.47. The molecule has 1 aromatic heterocycles. The molecular formula is C20H35IN4O2. The number of morpholine rings is 1. The number of ether oxygens (including phenoxy) is 1. The van der Waals surface area contributed by atoms with E-state index >= 15 is 0 Å². The van der Waals surface area contributed by atoms with Crippen molar-refractivity contribution in [2.45, 2.75) is 58.0 Å². The Morgan fingerprint density at radius 3 is 2.59 bits per heavy atom. The van der Waals surface area contributed by atoms with Gasteiger partial charge in [0.2, 0.25) is 0 Å². The van der Waals surface area contributed by atoms with Crippen molar-refractivity contribution in [3.8, 4) is 0 Å². The highest BCUT2D eigenvalue weighted by molar-refractivity contribution is 14.0. The van der Waals surface area contributed by atoms with Crippen LogP contribution in [0.3, 0.4) is 0 Å². The van der Waals surface area contributed by atoms with E-state index in [1.54, 1.807) is 0 Å². The van der Waals surface area contributed by atoms with Crippen LogP contribution in [0.5, 0.6) is 0 Å². The van der Waals surface area contributed by atoms with Crippen LogP contribution in [0.1, 0.15) is 56.6 Å². The Hall–Kier alpha value is -0.800. The Morgan fingerprint density at radius 2 is 1.96 bits per heavy atom. The van der Waals surface area contributed by atoms with Gasteiger partial charge in [0.25, 0.3) is 0 Å². The summed E-state index contributed by atoms with van der Waals surface area (Å²) in [4.78, 5) is 7.35. The van der Waals surface area contributed by atoms with Crippen molar-refractivity contribution in [1.29, 1.82) is 0 Å². The zero-order valence-corrected chi connectivity index (χ0v) is 19.0. The van der Waals surface area contributed by atoms with E-state index < -0.39 is 0 Å². The van der Waals surface area contributed by atoms with Gasteiger partial charge < -0.3 is 19.8 Å². The number of nitrogens with zero attached hydrogens (tertiary/aromatic N) is 2. The summed E-state index contributed by atoms with van der Waals surface area (Å²) in [5.74, 6) is 2.89. The number of aliphatic imine (C=N–C) groups is 1. The van der Waals surface area contributed by atoms with Crippen LogP contribution in [0.4, 0.5) is 0 Å². The van der Waals surface area contributed by atoms with Crippen LogP contribution < -0.4 is 10.6 Å². The lowest BCUT2D eigenvalue weighted by Crippen LogP contribution is -2.45. The average Bonchev–Trinajstić information content (AvgIpc) is 3.10. The van der Waals surface area contributed by atoms with Crippen molar-refractivity contribution < 1.29 is 9.15 Å². The molecule has 1 saturated heterocycles. The number of aryl methyl sites for hydroxylation is 1. The molecule has 2 heterocycles. The third kappa shape index (κ3) is 6.94. The van der Waals surface area contributed by atoms with E-state index in [9.17, 15) is 0 Å². The van der Waals surface area contributed by atoms with Gasteiger partial charge in [-0.2, -0.15) is 0 Å². The first kappa shape index (κ1) is 22.5. The predicted molar refractivity (Wildman–Crippen MR) is 120 cm³/mol. The maximum atomic E-state index is 5.95. The maximum Gasteiger partial charge on any atom is 0.191 e. The van der Waals surface area contributed by atoms with Crippen molar-refractivity contribution >= 4 is 29.9 Å². The first-order valence-electron chi connectivity index (χ1n) is 10.2. The average molecular weight is 490 g/mol. The lowest BCUT2D eigenvalue weighted by atomic mass is 9.96. The second-order valence-electron chi connectivity index (χ2n) is 7.31. The van der Waals surface area contributed by atoms with Crippen molar-refractivity contribution in [3.05, 3.63) is 23.7 Å². The third-order valence-electron chi connectivity index (χ3n) is 5.29. The molecule has 1 atom stereocenters. The highest BCUT2D eigenvalue weighted by Crippen LogP contribution is 2.24. The van der Waals surface area contributed by atoms with Crippen LogP contribution in [0.2, 0.25) is 0 Å². The maximum absolute atomic E-state index is 5.95. The summed E-state index contributed by atoms with van der Waals surface area (Å²) in [6, 6.07) is 4.84. The number of guanidine groups is 1. The summed E-state index contributed by atoms with van der Waals surface area (Å²) in [5.41, 5.74) is 0. The lowest BCUT2D eigenvalue weighted by Gasteiger charge is -2.32. The largest absolute Gasteiger partial charge is 0.465 e. The van der Waals surface area contributed by atoms with Crippen LogP contribution in [0.25, 0.3) is 0 Å². The monoisotopic (exact) mass is 490 g/mol. The Balaban J connectivity index is 0.00000261. The molecule has 154 valence electrons. The molecule has 1 unspecified atom stereocenters. The van der Waals surface area contributed by atoms with E-state index in [-0.39, 0.29) is 30.0 Å². The highest BCUT2D eigenvalue weighted by Gasteiger charge is 2.25. The third-order valence-corrected chi connectivity index (χ3v) is 5.29. The summed E-state index contributed by atoms with van der Waals surface area (Å²) in [5, 5.41) is 7.05. The van der Waals surface area contributed by atoms with Gasteiger partial charge in [0.1, 0.15) is 11.5 Å². The fourth-order valence-electron chi connectivity index (χ4n) is 3.85. The van der Waals surface area contributed by atoms with Gasteiger partial charge in [0.15, 0.2) is 5.96 Å². The van der Waals surface area contributed by atoms with Crippen molar-refractivity contribution in [2.24, 2.45) is 4.99 Å². The fourth-order valence-corrected chi connectivity index (χ4v) is 3.85. The first-order chi connectivity index (χ1) is 12.8. The number of nitrogens with one attached hydrogen (secondary N) is 2. The Kier molecular flexibility index (Phi) is 9.92. The van der Waals surface area contributed by atoms with Gasteiger partial charge in [0, 0.05) is 25.7 Å². The highest BCUT2D eigenvalue weighted by atomic mass is 127. The second kappa shape index (κ2) is 11.9. The van der Waals surface area contributed by atoms with E-state index in [1.807, 2.05) is 13.0 Å². The molecular weight excluding hydrogens is 455 g/mol. The molecule has 1 aliphatic heterocycles. The lowest BCUT2D eigenvalue weighted by molar-refractivity contribution is 0.0135. The minimum absolute atomic E-state index is 0. The van der Waals surface area contributed by atoms with Gasteiger partial charge in [0.05, 0.1) is 25.8 Å². The standard InChI is InChI=1S/C20H34N4O2.HI/c1-3-21-20(23-17-7-5-4-6-8-17)22-15-18(19-10-9-16(2)26-19)24-11-13-25-14-12-24;/h9-10,17-18H,3-8,11-15H2,1-2H3,(H2,21,22,23);1H. The van der Waals surface area contributed by atoms with E-state index in [0.29, 0.717) is 12.6 Å². The van der Waals surface area contributed by atoms with Gasteiger partial charge >= 0.3 is 0 Å². The smallest absolute Gasteiger partial charge is 0.191 e. The van der Waals surface area contributed by atoms with Crippen LogP contribution >= 0.6 is 24.0 Å². The molecule has 0 aromatic carbocycles. The summed E-state index contributed by atoms with van der Waals surface area (Å²) in [6.07, 6.45) is 6.49. The van der Waals surface area contributed by atoms with Crippen molar-refractivity contribution in [2.75, 3.05) is 39.4 Å². The van der Waals surface area contributed by atoms with E-state index in [4.69, 9.17) is 14.1 Å². The fraction of sp³-hybridized carbons (Fsp3) is 0.750. The molecule has 0 spiro atoms. The molecule has 1 aromatic rings. The van der Waals surface area contributed by atoms with E-state index in [2.05, 4.69) is 28.5 Å². The van der Waals surface area contributed by atoms with Gasteiger partial charge in [-0.1, -0.05) is 19.3 Å². The van der Waals surface area contributed by atoms with Crippen LogP contribution in [0.15, 0.2) is 21.5 Å². The zero-order chi connectivity index (χ0) is 18.2. The minimum atomic E-state index is 0. The number of hydrogen-bond donors (Lipinski definition) is 2. The molecule has 2 aliphatic rings. The van der Waals surface area contributed by atoms with E-state index in [1.165, 1.54) is 32.1 Å². The molecule has 7 heteroatoms. The van der Waals surface area contributed by atoms with Gasteiger partial charge in [-0.3, -0.25) is 9.89 Å². The molecule has 1 aliphatic carbocycles. The molecule has 1 saturated carbocycles. The van der Waals surface area contributed by atoms with Gasteiger partial charge in [-0.25, -0.2) is 0 Å². The minimum Gasteiger partial charge on any atom is -0.465 e. The van der Waals surface area contributed by atoms with Crippen LogP contribution in [0, 0.1) is 6.92 Å².